The molecular formula is C19H26FN3O2. The molecule has 3 rings (SSSR count). The molecule has 1 aromatic rings. The Morgan fingerprint density at radius 2 is 1.96 bits per heavy atom. The molecule has 0 spiro atoms. The van der Waals surface area contributed by atoms with E-state index in [-0.39, 0.29) is 23.5 Å². The van der Waals surface area contributed by atoms with Gasteiger partial charge in [-0.2, -0.15) is 0 Å². The largest absolute Gasteiger partial charge is 0.340 e. The summed E-state index contributed by atoms with van der Waals surface area (Å²) in [4.78, 5) is 31.2. The topological polar surface area (TPSA) is 43.9 Å². The minimum atomic E-state index is -0.395. The minimum absolute atomic E-state index is 0.00844. The van der Waals surface area contributed by atoms with Gasteiger partial charge in [0.15, 0.2) is 0 Å². The van der Waals surface area contributed by atoms with Gasteiger partial charge in [0, 0.05) is 39.6 Å². The van der Waals surface area contributed by atoms with Crippen LogP contribution in [0.2, 0.25) is 0 Å². The first kappa shape index (κ1) is 17.9. The number of carbonyl (C=O) groups is 2. The molecule has 0 unspecified atom stereocenters. The Morgan fingerprint density at radius 1 is 1.24 bits per heavy atom. The maximum atomic E-state index is 13.7. The molecule has 0 N–H and O–H groups in total. The van der Waals surface area contributed by atoms with Crippen molar-refractivity contribution in [1.82, 2.24) is 14.7 Å². The van der Waals surface area contributed by atoms with E-state index in [4.69, 9.17) is 0 Å². The van der Waals surface area contributed by atoms with Crippen LogP contribution in [-0.4, -0.2) is 66.3 Å². The Hall–Kier alpha value is -1.95. The summed E-state index contributed by atoms with van der Waals surface area (Å²) in [6.45, 7) is 6.32. The molecule has 2 fully saturated rings. The molecule has 2 heterocycles. The van der Waals surface area contributed by atoms with Crippen LogP contribution in [-0.2, 0) is 9.59 Å². The first-order valence-corrected chi connectivity index (χ1v) is 9.03. The third-order valence-electron chi connectivity index (χ3n) is 5.50. The summed E-state index contributed by atoms with van der Waals surface area (Å²) in [5.74, 6) is -0.553. The lowest BCUT2D eigenvalue weighted by atomic mass is 9.83. The van der Waals surface area contributed by atoms with E-state index in [1.165, 1.54) is 12.1 Å². The number of amides is 2. The van der Waals surface area contributed by atoms with E-state index >= 15 is 0 Å². The zero-order chi connectivity index (χ0) is 18.0. The van der Waals surface area contributed by atoms with Gasteiger partial charge in [0.2, 0.25) is 11.8 Å². The second-order valence-electron chi connectivity index (χ2n) is 6.91. The maximum Gasteiger partial charge on any atom is 0.228 e. The third-order valence-corrected chi connectivity index (χ3v) is 5.50. The van der Waals surface area contributed by atoms with E-state index in [1.54, 1.807) is 24.1 Å². The first-order valence-electron chi connectivity index (χ1n) is 9.03. The highest BCUT2D eigenvalue weighted by atomic mass is 19.1. The number of nitrogens with zero attached hydrogens (tertiary/aromatic N) is 3. The number of piperazine rings is 1. The third kappa shape index (κ3) is 3.68. The fraction of sp³-hybridized carbons (Fsp3) is 0.579. The Bertz CT molecular complexity index is 643. The van der Waals surface area contributed by atoms with E-state index in [0.717, 1.165) is 32.7 Å². The highest BCUT2D eigenvalue weighted by molar-refractivity contribution is 5.85. The van der Waals surface area contributed by atoms with Gasteiger partial charge in [-0.15, -0.1) is 0 Å². The van der Waals surface area contributed by atoms with Crippen LogP contribution in [0.3, 0.4) is 0 Å². The number of piperidine rings is 1. The molecule has 2 saturated heterocycles. The summed E-state index contributed by atoms with van der Waals surface area (Å²) in [5, 5.41) is 0. The standard InChI is InChI=1S/C19H26FN3O2/c1-3-22-9-11-23(12-10-22)19(25)16-7-8-17(24)21(2)18(16)14-5-4-6-15(20)13-14/h4-6,13,16,18H,3,7-12H2,1-2H3/t16-,18+/m0/s1. The van der Waals surface area contributed by atoms with E-state index in [1.807, 2.05) is 4.90 Å². The first-order chi connectivity index (χ1) is 12.0. The van der Waals surface area contributed by atoms with Crippen molar-refractivity contribution in [2.24, 2.45) is 5.92 Å². The summed E-state index contributed by atoms with van der Waals surface area (Å²) in [6, 6.07) is 5.87. The van der Waals surface area contributed by atoms with Gasteiger partial charge in [0.05, 0.1) is 12.0 Å². The number of hydrogen-bond acceptors (Lipinski definition) is 3. The lowest BCUT2D eigenvalue weighted by molar-refractivity contribution is -0.147. The molecule has 136 valence electrons. The van der Waals surface area contributed by atoms with Crippen molar-refractivity contribution in [3.05, 3.63) is 35.6 Å². The molecule has 0 saturated carbocycles. The van der Waals surface area contributed by atoms with Gasteiger partial charge in [-0.05, 0) is 30.7 Å². The molecule has 0 bridgehead atoms. The van der Waals surface area contributed by atoms with Crippen molar-refractivity contribution >= 4 is 11.8 Å². The Kier molecular flexibility index (Phi) is 5.37. The van der Waals surface area contributed by atoms with Crippen LogP contribution in [0.1, 0.15) is 31.4 Å². The number of benzene rings is 1. The SMILES string of the molecule is CCN1CCN(C(=O)[C@H]2CCC(=O)N(C)[C@@H]2c2cccc(F)c2)CC1. The van der Waals surface area contributed by atoms with Crippen molar-refractivity contribution in [1.29, 1.82) is 0 Å². The molecule has 0 radical (unpaired) electrons. The van der Waals surface area contributed by atoms with E-state index < -0.39 is 6.04 Å². The number of carbonyl (C=O) groups excluding carboxylic acids is 2. The second-order valence-corrected chi connectivity index (χ2v) is 6.91. The molecule has 0 aromatic heterocycles. The molecule has 6 heteroatoms. The van der Waals surface area contributed by atoms with Gasteiger partial charge in [-0.1, -0.05) is 19.1 Å². The van der Waals surface area contributed by atoms with Gasteiger partial charge in [-0.3, -0.25) is 9.59 Å². The number of likely N-dealkylation sites (N-methyl/N-ethyl adjacent to an activating group) is 1. The average Bonchev–Trinajstić information content (AvgIpc) is 2.63. The van der Waals surface area contributed by atoms with Crippen molar-refractivity contribution < 1.29 is 14.0 Å². The lowest BCUT2D eigenvalue weighted by Gasteiger charge is -2.42. The Balaban J connectivity index is 1.82. The molecular weight excluding hydrogens is 321 g/mol. The molecule has 2 aliphatic rings. The van der Waals surface area contributed by atoms with Crippen LogP contribution in [0.4, 0.5) is 4.39 Å². The van der Waals surface area contributed by atoms with E-state index in [2.05, 4.69) is 11.8 Å². The normalized spacial score (nSPS) is 25.3. The second kappa shape index (κ2) is 7.52. The van der Waals surface area contributed by atoms with Crippen LogP contribution in [0.5, 0.6) is 0 Å². The van der Waals surface area contributed by atoms with Gasteiger partial charge < -0.3 is 14.7 Å². The van der Waals surface area contributed by atoms with Crippen molar-refractivity contribution in [3.8, 4) is 0 Å². The number of rotatable bonds is 3. The number of halogens is 1. The molecule has 1 aromatic carbocycles. The molecule has 2 amide bonds. The molecule has 25 heavy (non-hydrogen) atoms. The number of likely N-dealkylation sites (tertiary alicyclic amines) is 1. The fourth-order valence-corrected chi connectivity index (χ4v) is 3.96. The van der Waals surface area contributed by atoms with E-state index in [0.29, 0.717) is 18.4 Å². The van der Waals surface area contributed by atoms with Gasteiger partial charge in [-0.25, -0.2) is 4.39 Å². The summed E-state index contributed by atoms with van der Waals surface area (Å²) in [6.07, 6.45) is 0.894. The average molecular weight is 347 g/mol. The predicted molar refractivity (Wildman–Crippen MR) is 93.3 cm³/mol. The summed E-state index contributed by atoms with van der Waals surface area (Å²) >= 11 is 0. The highest BCUT2D eigenvalue weighted by Gasteiger charge is 2.41. The van der Waals surface area contributed by atoms with Crippen LogP contribution < -0.4 is 0 Å². The van der Waals surface area contributed by atoms with Crippen LogP contribution in [0.15, 0.2) is 24.3 Å². The predicted octanol–water partition coefficient (Wildman–Crippen LogP) is 1.90. The van der Waals surface area contributed by atoms with Crippen LogP contribution >= 0.6 is 0 Å². The van der Waals surface area contributed by atoms with Gasteiger partial charge in [0.1, 0.15) is 5.82 Å². The van der Waals surface area contributed by atoms with Crippen molar-refractivity contribution in [3.63, 3.8) is 0 Å². The number of hydrogen-bond donors (Lipinski definition) is 0. The smallest absolute Gasteiger partial charge is 0.228 e. The zero-order valence-corrected chi connectivity index (χ0v) is 14.9. The fourth-order valence-electron chi connectivity index (χ4n) is 3.96. The zero-order valence-electron chi connectivity index (χ0n) is 14.9. The van der Waals surface area contributed by atoms with Crippen LogP contribution in [0.25, 0.3) is 0 Å². The Labute approximate surface area is 148 Å². The molecule has 0 aliphatic carbocycles. The maximum absolute atomic E-state index is 13.7. The monoisotopic (exact) mass is 347 g/mol. The van der Waals surface area contributed by atoms with E-state index in [9.17, 15) is 14.0 Å². The minimum Gasteiger partial charge on any atom is -0.340 e. The molecule has 5 nitrogen and oxygen atoms in total. The quantitative estimate of drug-likeness (QED) is 0.839. The lowest BCUT2D eigenvalue weighted by Crippen LogP contribution is -2.53. The van der Waals surface area contributed by atoms with Crippen molar-refractivity contribution in [2.45, 2.75) is 25.8 Å². The van der Waals surface area contributed by atoms with Crippen LogP contribution in [0, 0.1) is 11.7 Å². The highest BCUT2D eigenvalue weighted by Crippen LogP contribution is 2.37. The molecule has 2 aliphatic heterocycles. The summed E-state index contributed by atoms with van der Waals surface area (Å²) < 4.78 is 13.7. The summed E-state index contributed by atoms with van der Waals surface area (Å²) in [5.41, 5.74) is 0.695. The van der Waals surface area contributed by atoms with Gasteiger partial charge >= 0.3 is 0 Å². The molecule has 2 atom stereocenters. The summed E-state index contributed by atoms with van der Waals surface area (Å²) in [7, 11) is 1.71. The van der Waals surface area contributed by atoms with Crippen molar-refractivity contribution in [2.75, 3.05) is 39.8 Å². The Morgan fingerprint density at radius 3 is 2.60 bits per heavy atom. The van der Waals surface area contributed by atoms with Gasteiger partial charge in [0.25, 0.3) is 0 Å².